The van der Waals surface area contributed by atoms with Gasteiger partial charge in [0, 0.05) is 29.6 Å². The molecule has 0 saturated heterocycles. The van der Waals surface area contributed by atoms with Crippen molar-refractivity contribution >= 4 is 39.5 Å². The van der Waals surface area contributed by atoms with Crippen LogP contribution in [0.5, 0.6) is 0 Å². The normalized spacial score (nSPS) is 11.3. The summed E-state index contributed by atoms with van der Waals surface area (Å²) in [6.45, 7) is 5.24. The highest BCUT2D eigenvalue weighted by Gasteiger charge is 2.19. The minimum Gasteiger partial charge on any atom is -0.449 e. The molecule has 1 amide bonds. The number of aromatic nitrogens is 1. The van der Waals surface area contributed by atoms with E-state index in [2.05, 4.69) is 4.98 Å². The maximum atomic E-state index is 12.3. The van der Waals surface area contributed by atoms with Crippen molar-refractivity contribution in [3.8, 4) is 0 Å². The molecule has 0 bridgehead atoms. The summed E-state index contributed by atoms with van der Waals surface area (Å²) in [4.78, 5) is 17.2. The summed E-state index contributed by atoms with van der Waals surface area (Å²) in [5.74, 6) is 0.286. The van der Waals surface area contributed by atoms with Gasteiger partial charge >= 0.3 is 0 Å². The Kier molecular flexibility index (Phi) is 3.18. The summed E-state index contributed by atoms with van der Waals surface area (Å²) in [5.41, 5.74) is 2.43. The molecule has 20 heavy (non-hydrogen) atoms. The number of amides is 1. The molecule has 0 spiro atoms. The van der Waals surface area contributed by atoms with Crippen LogP contribution in [0, 0.1) is 0 Å². The van der Waals surface area contributed by atoms with Gasteiger partial charge in [-0.1, -0.05) is 11.6 Å². The molecular formula is C15H15ClN2O2. The van der Waals surface area contributed by atoms with Crippen molar-refractivity contribution in [2.24, 2.45) is 0 Å². The van der Waals surface area contributed by atoms with Gasteiger partial charge in [-0.05, 0) is 32.0 Å². The Balaban J connectivity index is 2.10. The van der Waals surface area contributed by atoms with Crippen LogP contribution in [-0.2, 0) is 0 Å². The topological polar surface area (TPSA) is 49.2 Å². The number of furan rings is 1. The molecule has 4 nitrogen and oxygen atoms in total. The Morgan fingerprint density at radius 2 is 2.00 bits per heavy atom. The van der Waals surface area contributed by atoms with E-state index in [4.69, 9.17) is 16.0 Å². The summed E-state index contributed by atoms with van der Waals surface area (Å²) in [6.07, 6.45) is 0. The van der Waals surface area contributed by atoms with E-state index in [1.807, 2.05) is 32.0 Å². The van der Waals surface area contributed by atoms with Crippen LogP contribution in [0.15, 0.2) is 28.7 Å². The fraction of sp³-hybridized carbons (Fsp3) is 0.267. The van der Waals surface area contributed by atoms with Crippen molar-refractivity contribution < 1.29 is 9.21 Å². The Bertz CT molecular complexity index is 784. The standard InChI is InChI=1S/C15H15ClN2O2/c1-3-18(4-2)15(19)13-8-12-14(20-13)10-6-5-9(16)7-11(10)17-12/h5-8,17H,3-4H2,1-2H3. The highest BCUT2D eigenvalue weighted by atomic mass is 35.5. The van der Waals surface area contributed by atoms with E-state index in [9.17, 15) is 4.79 Å². The van der Waals surface area contributed by atoms with E-state index >= 15 is 0 Å². The fourth-order valence-electron chi connectivity index (χ4n) is 2.42. The number of H-pyrrole nitrogens is 1. The SMILES string of the molecule is CCN(CC)C(=O)c1cc2[nH]c3cc(Cl)ccc3c2o1. The van der Waals surface area contributed by atoms with Gasteiger partial charge in [0.15, 0.2) is 11.3 Å². The van der Waals surface area contributed by atoms with Gasteiger partial charge in [0.2, 0.25) is 0 Å². The maximum absolute atomic E-state index is 12.3. The van der Waals surface area contributed by atoms with Gasteiger partial charge in [-0.3, -0.25) is 4.79 Å². The Hall–Kier alpha value is -1.94. The first kappa shape index (κ1) is 13.1. The van der Waals surface area contributed by atoms with Crippen LogP contribution in [0.1, 0.15) is 24.4 Å². The van der Waals surface area contributed by atoms with Crippen molar-refractivity contribution in [2.75, 3.05) is 13.1 Å². The number of carbonyl (C=O) groups is 1. The lowest BCUT2D eigenvalue weighted by Crippen LogP contribution is -2.30. The number of nitrogens with one attached hydrogen (secondary N) is 1. The molecule has 0 unspecified atom stereocenters. The van der Waals surface area contributed by atoms with Crippen LogP contribution in [0.2, 0.25) is 5.02 Å². The molecule has 0 aliphatic carbocycles. The predicted molar refractivity (Wildman–Crippen MR) is 80.3 cm³/mol. The first-order chi connectivity index (χ1) is 9.63. The van der Waals surface area contributed by atoms with Crippen molar-refractivity contribution in [3.63, 3.8) is 0 Å². The number of nitrogens with zero attached hydrogens (tertiary/aromatic N) is 1. The van der Waals surface area contributed by atoms with Crippen LogP contribution in [-0.4, -0.2) is 28.9 Å². The van der Waals surface area contributed by atoms with Gasteiger partial charge < -0.3 is 14.3 Å². The second kappa shape index (κ2) is 4.87. The largest absolute Gasteiger partial charge is 0.449 e. The first-order valence-electron chi connectivity index (χ1n) is 6.64. The lowest BCUT2D eigenvalue weighted by molar-refractivity contribution is 0.0743. The molecule has 2 heterocycles. The number of benzene rings is 1. The zero-order valence-corrected chi connectivity index (χ0v) is 12.1. The third kappa shape index (κ3) is 1.96. The molecular weight excluding hydrogens is 276 g/mol. The zero-order valence-electron chi connectivity index (χ0n) is 11.4. The van der Waals surface area contributed by atoms with Crippen LogP contribution in [0.4, 0.5) is 0 Å². The minimum atomic E-state index is -0.0817. The van der Waals surface area contributed by atoms with Crippen LogP contribution in [0.25, 0.3) is 22.0 Å². The van der Waals surface area contributed by atoms with Crippen molar-refractivity contribution in [3.05, 3.63) is 35.0 Å². The lowest BCUT2D eigenvalue weighted by Gasteiger charge is -2.16. The van der Waals surface area contributed by atoms with Gasteiger partial charge in [-0.15, -0.1) is 0 Å². The number of halogens is 1. The third-order valence-electron chi connectivity index (χ3n) is 3.49. The molecule has 0 atom stereocenters. The molecule has 3 rings (SSSR count). The van der Waals surface area contributed by atoms with E-state index < -0.39 is 0 Å². The lowest BCUT2D eigenvalue weighted by atomic mass is 10.2. The van der Waals surface area contributed by atoms with Gasteiger partial charge in [-0.25, -0.2) is 0 Å². The molecule has 0 saturated carbocycles. The average Bonchev–Trinajstić information content (AvgIpc) is 2.96. The van der Waals surface area contributed by atoms with Gasteiger partial charge in [0.05, 0.1) is 11.0 Å². The van der Waals surface area contributed by atoms with E-state index in [0.29, 0.717) is 29.5 Å². The summed E-state index contributed by atoms with van der Waals surface area (Å²) in [5, 5.41) is 1.60. The third-order valence-corrected chi connectivity index (χ3v) is 3.72. The molecule has 0 radical (unpaired) electrons. The van der Waals surface area contributed by atoms with E-state index in [-0.39, 0.29) is 5.91 Å². The molecule has 0 fully saturated rings. The summed E-state index contributed by atoms with van der Waals surface area (Å²) < 4.78 is 5.74. The molecule has 0 aliphatic rings. The second-order valence-corrected chi connectivity index (χ2v) is 5.08. The average molecular weight is 291 g/mol. The summed E-state index contributed by atoms with van der Waals surface area (Å²) in [7, 11) is 0. The molecule has 104 valence electrons. The summed E-state index contributed by atoms with van der Waals surface area (Å²) >= 11 is 5.96. The molecule has 3 aromatic rings. The van der Waals surface area contributed by atoms with Crippen molar-refractivity contribution in [1.82, 2.24) is 9.88 Å². The second-order valence-electron chi connectivity index (χ2n) is 4.65. The number of hydrogen-bond donors (Lipinski definition) is 1. The first-order valence-corrected chi connectivity index (χ1v) is 7.01. The Morgan fingerprint density at radius 3 is 2.70 bits per heavy atom. The smallest absolute Gasteiger partial charge is 0.289 e. The van der Waals surface area contributed by atoms with Gasteiger partial charge in [-0.2, -0.15) is 0 Å². The number of hydrogen-bond acceptors (Lipinski definition) is 2. The van der Waals surface area contributed by atoms with E-state index in [0.717, 1.165) is 16.4 Å². The minimum absolute atomic E-state index is 0.0817. The molecule has 0 aliphatic heterocycles. The maximum Gasteiger partial charge on any atom is 0.289 e. The quantitative estimate of drug-likeness (QED) is 0.791. The predicted octanol–water partition coefficient (Wildman–Crippen LogP) is 4.05. The summed E-state index contributed by atoms with van der Waals surface area (Å²) in [6, 6.07) is 7.30. The molecule has 1 aromatic carbocycles. The van der Waals surface area contributed by atoms with Crippen LogP contribution < -0.4 is 0 Å². The van der Waals surface area contributed by atoms with E-state index in [1.165, 1.54) is 0 Å². The number of fused-ring (bicyclic) bond motifs is 3. The molecule has 1 N–H and O–H groups in total. The van der Waals surface area contributed by atoms with Gasteiger partial charge in [0.25, 0.3) is 5.91 Å². The highest BCUT2D eigenvalue weighted by Crippen LogP contribution is 2.30. The number of aromatic amines is 1. The number of rotatable bonds is 3. The molecule has 2 aromatic heterocycles. The monoisotopic (exact) mass is 290 g/mol. The zero-order chi connectivity index (χ0) is 14.3. The fourth-order valence-corrected chi connectivity index (χ4v) is 2.59. The number of carbonyl (C=O) groups excluding carboxylic acids is 1. The Morgan fingerprint density at radius 1 is 1.25 bits per heavy atom. The van der Waals surface area contributed by atoms with Crippen molar-refractivity contribution in [2.45, 2.75) is 13.8 Å². The van der Waals surface area contributed by atoms with E-state index in [1.54, 1.807) is 11.0 Å². The molecule has 5 heteroatoms. The van der Waals surface area contributed by atoms with Crippen LogP contribution in [0.3, 0.4) is 0 Å². The van der Waals surface area contributed by atoms with Gasteiger partial charge in [0.1, 0.15) is 0 Å². The van der Waals surface area contributed by atoms with Crippen LogP contribution >= 0.6 is 11.6 Å². The van der Waals surface area contributed by atoms with Crippen molar-refractivity contribution in [1.29, 1.82) is 0 Å². The highest BCUT2D eigenvalue weighted by molar-refractivity contribution is 6.31. The Labute approximate surface area is 121 Å².